The van der Waals surface area contributed by atoms with Crippen LogP contribution in [0.5, 0.6) is 0 Å². The van der Waals surface area contributed by atoms with Crippen molar-refractivity contribution >= 4 is 28.5 Å². The van der Waals surface area contributed by atoms with Gasteiger partial charge in [-0.15, -0.1) is 0 Å². The maximum absolute atomic E-state index is 13.0. The first-order valence-corrected chi connectivity index (χ1v) is 9.30. The van der Waals surface area contributed by atoms with Crippen molar-refractivity contribution in [3.05, 3.63) is 54.0 Å². The van der Waals surface area contributed by atoms with E-state index in [9.17, 15) is 4.79 Å². The Morgan fingerprint density at radius 2 is 1.96 bits per heavy atom. The average Bonchev–Trinajstić information content (AvgIpc) is 3.38. The van der Waals surface area contributed by atoms with E-state index in [1.165, 1.54) is 12.8 Å². The van der Waals surface area contributed by atoms with Crippen LogP contribution in [-0.2, 0) is 0 Å². The lowest BCUT2D eigenvalue weighted by Gasteiger charge is -2.16. The number of aromatic nitrogens is 5. The molecule has 1 N–H and O–H groups in total. The van der Waals surface area contributed by atoms with Gasteiger partial charge in [-0.2, -0.15) is 5.10 Å². The van der Waals surface area contributed by atoms with Crippen molar-refractivity contribution in [3.8, 4) is 0 Å². The fraction of sp³-hybridized carbons (Fsp3) is 0.300. The largest absolute Gasteiger partial charge is 0.307 e. The molecule has 1 aliphatic rings. The van der Waals surface area contributed by atoms with Gasteiger partial charge in [0.2, 0.25) is 5.95 Å². The Balaban J connectivity index is 1.56. The van der Waals surface area contributed by atoms with Crippen molar-refractivity contribution in [2.24, 2.45) is 0 Å². The van der Waals surface area contributed by atoms with Crippen molar-refractivity contribution in [1.82, 2.24) is 24.1 Å². The molecule has 27 heavy (non-hydrogen) atoms. The van der Waals surface area contributed by atoms with E-state index < -0.39 is 0 Å². The second-order valence-electron chi connectivity index (χ2n) is 7.08. The Kier molecular flexibility index (Phi) is 3.67. The predicted molar refractivity (Wildman–Crippen MR) is 103 cm³/mol. The Morgan fingerprint density at radius 1 is 1.15 bits per heavy atom. The minimum Gasteiger partial charge on any atom is -0.307 e. The number of anilines is 1. The van der Waals surface area contributed by atoms with Crippen LogP contribution in [0.2, 0.25) is 0 Å². The van der Waals surface area contributed by atoms with E-state index in [0.29, 0.717) is 23.2 Å². The first kappa shape index (κ1) is 16.0. The molecule has 1 fully saturated rings. The van der Waals surface area contributed by atoms with E-state index >= 15 is 0 Å². The highest BCUT2D eigenvalue weighted by Gasteiger charge is 2.24. The molecular weight excluding hydrogens is 340 g/mol. The number of rotatable bonds is 3. The standard InChI is InChI=1S/C20H20N6O/c1-13-10-11-25-18(22-13)15(12-21-25)19(27)24-20-23-16-8-4-5-9-17(16)26(20)14-6-2-3-7-14/h4-5,8-12,14H,2-3,6-7H2,1H3,(H,23,24,27). The Labute approximate surface area is 156 Å². The Hall–Kier alpha value is -3.22. The summed E-state index contributed by atoms with van der Waals surface area (Å²) in [5, 5.41) is 7.24. The van der Waals surface area contributed by atoms with Crippen LogP contribution in [0.1, 0.15) is 47.8 Å². The number of fused-ring (bicyclic) bond motifs is 2. The second kappa shape index (κ2) is 6.19. The van der Waals surface area contributed by atoms with Gasteiger partial charge in [-0.3, -0.25) is 10.1 Å². The normalized spacial score (nSPS) is 15.0. The molecule has 0 atom stereocenters. The summed E-state index contributed by atoms with van der Waals surface area (Å²) >= 11 is 0. The topological polar surface area (TPSA) is 77.1 Å². The Bertz CT molecular complexity index is 1150. The van der Waals surface area contributed by atoms with E-state index in [-0.39, 0.29) is 5.91 Å². The molecule has 1 aliphatic carbocycles. The number of carbonyl (C=O) groups is 1. The monoisotopic (exact) mass is 360 g/mol. The molecule has 3 aromatic heterocycles. The summed E-state index contributed by atoms with van der Waals surface area (Å²) in [5.74, 6) is 0.359. The highest BCUT2D eigenvalue weighted by molar-refractivity contribution is 6.08. The lowest BCUT2D eigenvalue weighted by atomic mass is 10.2. The highest BCUT2D eigenvalue weighted by atomic mass is 16.1. The van der Waals surface area contributed by atoms with Gasteiger partial charge in [0.1, 0.15) is 5.56 Å². The second-order valence-corrected chi connectivity index (χ2v) is 7.08. The molecular formula is C20H20N6O. The molecule has 0 aliphatic heterocycles. The summed E-state index contributed by atoms with van der Waals surface area (Å²) in [6.07, 6.45) is 8.01. The summed E-state index contributed by atoms with van der Waals surface area (Å²) in [5.41, 5.74) is 3.80. The van der Waals surface area contributed by atoms with E-state index in [0.717, 1.165) is 29.6 Å². The minimum absolute atomic E-state index is 0.238. The van der Waals surface area contributed by atoms with Gasteiger partial charge in [0.15, 0.2) is 5.65 Å². The van der Waals surface area contributed by atoms with Crippen molar-refractivity contribution < 1.29 is 4.79 Å². The summed E-state index contributed by atoms with van der Waals surface area (Å²) in [6, 6.07) is 10.3. The van der Waals surface area contributed by atoms with Crippen LogP contribution in [0, 0.1) is 6.92 Å². The number of hydrogen-bond donors (Lipinski definition) is 1. The van der Waals surface area contributed by atoms with Crippen LogP contribution in [0.25, 0.3) is 16.7 Å². The molecule has 3 heterocycles. The fourth-order valence-electron chi connectivity index (χ4n) is 3.95. The number of carbonyl (C=O) groups excluding carboxylic acids is 1. The number of imidazole rings is 1. The van der Waals surface area contributed by atoms with Gasteiger partial charge < -0.3 is 4.57 Å². The lowest BCUT2D eigenvalue weighted by molar-refractivity contribution is 0.102. The van der Waals surface area contributed by atoms with Crippen molar-refractivity contribution in [2.75, 3.05) is 5.32 Å². The molecule has 7 heteroatoms. The molecule has 0 radical (unpaired) electrons. The zero-order valence-corrected chi connectivity index (χ0v) is 15.1. The summed E-state index contributed by atoms with van der Waals surface area (Å²) in [6.45, 7) is 1.90. The smallest absolute Gasteiger partial charge is 0.263 e. The number of nitrogens with zero attached hydrogens (tertiary/aromatic N) is 5. The molecule has 1 amide bonds. The highest BCUT2D eigenvalue weighted by Crippen LogP contribution is 2.35. The van der Waals surface area contributed by atoms with Gasteiger partial charge in [0.05, 0.1) is 17.2 Å². The molecule has 1 saturated carbocycles. The maximum atomic E-state index is 13.0. The van der Waals surface area contributed by atoms with Crippen LogP contribution in [0.3, 0.4) is 0 Å². The first-order valence-electron chi connectivity index (χ1n) is 9.30. The molecule has 5 rings (SSSR count). The van der Waals surface area contributed by atoms with E-state index in [4.69, 9.17) is 0 Å². The van der Waals surface area contributed by atoms with Crippen LogP contribution in [0.4, 0.5) is 5.95 Å². The minimum atomic E-state index is -0.238. The van der Waals surface area contributed by atoms with Gasteiger partial charge in [0.25, 0.3) is 5.91 Å². The zero-order valence-electron chi connectivity index (χ0n) is 15.1. The van der Waals surface area contributed by atoms with Crippen molar-refractivity contribution in [3.63, 3.8) is 0 Å². The van der Waals surface area contributed by atoms with E-state index in [2.05, 4.69) is 31.0 Å². The molecule has 0 spiro atoms. The van der Waals surface area contributed by atoms with Crippen LogP contribution >= 0.6 is 0 Å². The maximum Gasteiger partial charge on any atom is 0.263 e. The number of benzene rings is 1. The predicted octanol–water partition coefficient (Wildman–Crippen LogP) is 3.75. The fourth-order valence-corrected chi connectivity index (χ4v) is 3.95. The molecule has 0 unspecified atom stereocenters. The molecule has 4 aromatic rings. The first-order chi connectivity index (χ1) is 13.2. The van der Waals surface area contributed by atoms with E-state index in [1.54, 1.807) is 10.7 Å². The third kappa shape index (κ3) is 2.66. The van der Waals surface area contributed by atoms with Crippen LogP contribution in [-0.4, -0.2) is 30.1 Å². The van der Waals surface area contributed by atoms with Gasteiger partial charge >= 0.3 is 0 Å². The van der Waals surface area contributed by atoms with Gasteiger partial charge in [-0.05, 0) is 38.0 Å². The SMILES string of the molecule is Cc1ccn2ncc(C(=O)Nc3nc4ccccc4n3C3CCCC3)c2n1. The molecule has 1 aromatic carbocycles. The molecule has 7 nitrogen and oxygen atoms in total. The quantitative estimate of drug-likeness (QED) is 0.603. The average molecular weight is 360 g/mol. The number of aryl methyl sites for hydroxylation is 1. The Morgan fingerprint density at radius 3 is 2.81 bits per heavy atom. The number of nitrogens with one attached hydrogen (secondary N) is 1. The summed E-state index contributed by atoms with van der Waals surface area (Å²) in [4.78, 5) is 22.1. The van der Waals surface area contributed by atoms with Crippen molar-refractivity contribution in [1.29, 1.82) is 0 Å². The van der Waals surface area contributed by atoms with Gasteiger partial charge in [-0.25, -0.2) is 14.5 Å². The van der Waals surface area contributed by atoms with Crippen LogP contribution in [0.15, 0.2) is 42.7 Å². The number of para-hydroxylation sites is 2. The van der Waals surface area contributed by atoms with E-state index in [1.807, 2.05) is 37.4 Å². The molecule has 136 valence electrons. The number of hydrogen-bond acceptors (Lipinski definition) is 4. The third-order valence-electron chi connectivity index (χ3n) is 5.26. The summed E-state index contributed by atoms with van der Waals surface area (Å²) in [7, 11) is 0. The molecule has 0 saturated heterocycles. The van der Waals surface area contributed by atoms with Gasteiger partial charge in [0, 0.05) is 17.9 Å². The molecule has 0 bridgehead atoms. The van der Waals surface area contributed by atoms with Crippen molar-refractivity contribution in [2.45, 2.75) is 38.6 Å². The van der Waals surface area contributed by atoms with Crippen LogP contribution < -0.4 is 5.32 Å². The zero-order chi connectivity index (χ0) is 18.4. The summed E-state index contributed by atoms with van der Waals surface area (Å²) < 4.78 is 3.80. The van der Waals surface area contributed by atoms with Gasteiger partial charge in [-0.1, -0.05) is 25.0 Å². The third-order valence-corrected chi connectivity index (χ3v) is 5.26. The number of amides is 1. The lowest BCUT2D eigenvalue weighted by Crippen LogP contribution is -2.18.